The van der Waals surface area contributed by atoms with E-state index in [1.165, 1.54) is 321 Å². The number of nitrogens with one attached hydrogen (secondary N) is 1. The fourth-order valence-electron chi connectivity index (χ4n) is 11.4. The molecule has 80 heavy (non-hydrogen) atoms. The minimum absolute atomic E-state index is 0.0153. The summed E-state index contributed by atoms with van der Waals surface area (Å²) in [6.07, 6.45) is 89.7. The van der Waals surface area contributed by atoms with E-state index < -0.39 is 12.1 Å². The monoisotopic (exact) mass is 1120 g/mol. The predicted molar refractivity (Wildman–Crippen MR) is 352 cm³/mol. The molecule has 0 aliphatic carbocycles. The molecule has 0 radical (unpaired) electrons. The molecule has 0 aliphatic heterocycles. The Bertz CT molecular complexity index is 1300. The van der Waals surface area contributed by atoms with Crippen LogP contribution in [0.3, 0.4) is 0 Å². The van der Waals surface area contributed by atoms with Gasteiger partial charge in [0.25, 0.3) is 0 Å². The second kappa shape index (κ2) is 69.6. The van der Waals surface area contributed by atoms with Crippen molar-refractivity contribution in [1.82, 2.24) is 5.32 Å². The van der Waals surface area contributed by atoms with Crippen molar-refractivity contribution in [3.8, 4) is 0 Å². The lowest BCUT2D eigenvalue weighted by atomic mass is 10.0. The van der Waals surface area contributed by atoms with Gasteiger partial charge in [0.1, 0.15) is 0 Å². The van der Waals surface area contributed by atoms with Gasteiger partial charge in [0.2, 0.25) is 5.91 Å². The van der Waals surface area contributed by atoms with E-state index in [9.17, 15) is 19.8 Å². The molecular formula is C74H141NO5. The average molecular weight is 1120 g/mol. The summed E-state index contributed by atoms with van der Waals surface area (Å²) in [5.41, 5.74) is 0. The van der Waals surface area contributed by atoms with Gasteiger partial charge in [-0.25, -0.2) is 0 Å². The molecule has 6 heteroatoms. The molecule has 0 aromatic carbocycles. The Morgan fingerprint density at radius 1 is 0.350 bits per heavy atom. The van der Waals surface area contributed by atoms with E-state index in [-0.39, 0.29) is 18.5 Å². The number of esters is 1. The number of hydrogen-bond acceptors (Lipinski definition) is 5. The number of ether oxygens (including phenoxy) is 1. The maximum absolute atomic E-state index is 12.4. The van der Waals surface area contributed by atoms with Crippen molar-refractivity contribution in [2.75, 3.05) is 13.2 Å². The minimum Gasteiger partial charge on any atom is -0.466 e. The van der Waals surface area contributed by atoms with Gasteiger partial charge in [-0.2, -0.15) is 0 Å². The van der Waals surface area contributed by atoms with Crippen LogP contribution in [0.4, 0.5) is 0 Å². The molecule has 1 amide bonds. The van der Waals surface area contributed by atoms with Gasteiger partial charge in [0.05, 0.1) is 25.4 Å². The third-order valence-corrected chi connectivity index (χ3v) is 16.9. The van der Waals surface area contributed by atoms with E-state index in [1.807, 2.05) is 6.08 Å². The minimum atomic E-state index is -0.839. The molecule has 2 atom stereocenters. The maximum Gasteiger partial charge on any atom is 0.305 e. The number of aliphatic hydroxyl groups excluding tert-OH is 2. The van der Waals surface area contributed by atoms with E-state index in [2.05, 4.69) is 43.5 Å². The third kappa shape index (κ3) is 65.2. The Hall–Kier alpha value is -1.92. The maximum atomic E-state index is 12.4. The van der Waals surface area contributed by atoms with E-state index in [0.29, 0.717) is 19.4 Å². The van der Waals surface area contributed by atoms with E-state index in [4.69, 9.17) is 4.74 Å². The summed E-state index contributed by atoms with van der Waals surface area (Å²) in [6, 6.07) is -0.622. The first-order valence-electron chi connectivity index (χ1n) is 36.3. The van der Waals surface area contributed by atoms with Crippen LogP contribution in [0, 0.1) is 0 Å². The molecule has 3 N–H and O–H groups in total. The molecule has 2 unspecified atom stereocenters. The first kappa shape index (κ1) is 78.1. The summed E-state index contributed by atoms with van der Waals surface area (Å²) in [7, 11) is 0. The average Bonchev–Trinajstić information content (AvgIpc) is 3.46. The highest BCUT2D eigenvalue weighted by atomic mass is 16.5. The Morgan fingerprint density at radius 3 is 0.963 bits per heavy atom. The zero-order valence-corrected chi connectivity index (χ0v) is 54.1. The molecule has 0 saturated heterocycles. The van der Waals surface area contributed by atoms with Crippen molar-refractivity contribution in [2.24, 2.45) is 0 Å². The second-order valence-corrected chi connectivity index (χ2v) is 24.9. The molecule has 0 bridgehead atoms. The molecule has 6 nitrogen and oxygen atoms in total. The highest BCUT2D eigenvalue weighted by Crippen LogP contribution is 2.19. The van der Waals surface area contributed by atoms with Gasteiger partial charge in [-0.1, -0.05) is 359 Å². The summed E-state index contributed by atoms with van der Waals surface area (Å²) in [5.74, 6) is -0.0479. The fraction of sp³-hybridized carbons (Fsp3) is 0.892. The van der Waals surface area contributed by atoms with Gasteiger partial charge in [0.15, 0.2) is 0 Å². The molecule has 0 aromatic rings. The first-order valence-corrected chi connectivity index (χ1v) is 36.3. The lowest BCUT2D eigenvalue weighted by Gasteiger charge is -2.20. The standard InChI is InChI=1S/C74H141NO5/c1-3-5-7-9-11-13-15-16-17-18-39-42-45-48-52-56-60-64-68-74(79)80-69-65-61-57-53-49-46-43-40-37-35-33-31-29-27-25-23-21-19-20-22-24-26-28-30-32-34-36-38-41-44-47-51-55-59-63-67-73(78)75-71(70-76)72(77)66-62-58-54-50-14-12-10-8-6-4-2/h13,15,17-18,62,66,71-72,76-77H,3-12,14,16,19-61,63-65,67-70H2,1-2H3,(H,75,78)/b15-13-,18-17-,66-62+. The van der Waals surface area contributed by atoms with E-state index >= 15 is 0 Å². The number of hydrogen-bond donors (Lipinski definition) is 3. The van der Waals surface area contributed by atoms with Crippen LogP contribution in [-0.4, -0.2) is 47.4 Å². The Balaban J connectivity index is 3.29. The summed E-state index contributed by atoms with van der Waals surface area (Å²) in [5, 5.41) is 23.0. The van der Waals surface area contributed by atoms with Gasteiger partial charge >= 0.3 is 5.97 Å². The Kier molecular flexibility index (Phi) is 67.9. The lowest BCUT2D eigenvalue weighted by Crippen LogP contribution is -2.45. The summed E-state index contributed by atoms with van der Waals surface area (Å²) in [4.78, 5) is 24.5. The van der Waals surface area contributed by atoms with Crippen LogP contribution < -0.4 is 5.32 Å². The zero-order chi connectivity index (χ0) is 57.8. The first-order chi connectivity index (χ1) is 39.5. The summed E-state index contributed by atoms with van der Waals surface area (Å²) in [6.45, 7) is 4.89. The molecular weight excluding hydrogens is 983 g/mol. The largest absolute Gasteiger partial charge is 0.466 e. The number of carbonyl (C=O) groups excluding carboxylic acids is 2. The van der Waals surface area contributed by atoms with Crippen LogP contribution in [0.25, 0.3) is 0 Å². The number of amides is 1. The van der Waals surface area contributed by atoms with E-state index in [0.717, 1.165) is 51.4 Å². The van der Waals surface area contributed by atoms with Crippen LogP contribution in [0.2, 0.25) is 0 Å². The van der Waals surface area contributed by atoms with Crippen molar-refractivity contribution in [2.45, 2.75) is 411 Å². The van der Waals surface area contributed by atoms with Crippen LogP contribution in [0.15, 0.2) is 36.5 Å². The fourth-order valence-corrected chi connectivity index (χ4v) is 11.4. The predicted octanol–water partition coefficient (Wildman–Crippen LogP) is 23.5. The summed E-state index contributed by atoms with van der Waals surface area (Å²) >= 11 is 0. The smallest absolute Gasteiger partial charge is 0.305 e. The second-order valence-electron chi connectivity index (χ2n) is 24.9. The van der Waals surface area contributed by atoms with Gasteiger partial charge in [-0.15, -0.1) is 0 Å². The van der Waals surface area contributed by atoms with Gasteiger partial charge in [0, 0.05) is 12.8 Å². The number of rotatable bonds is 68. The Labute approximate surface area is 500 Å². The molecule has 472 valence electrons. The molecule has 0 aliphatic rings. The molecule has 0 saturated carbocycles. The highest BCUT2D eigenvalue weighted by Gasteiger charge is 2.18. The van der Waals surface area contributed by atoms with Crippen molar-refractivity contribution in [3.63, 3.8) is 0 Å². The third-order valence-electron chi connectivity index (χ3n) is 16.9. The molecule has 0 fully saturated rings. The molecule has 0 rings (SSSR count). The normalized spacial score (nSPS) is 12.7. The van der Waals surface area contributed by atoms with Crippen molar-refractivity contribution in [3.05, 3.63) is 36.5 Å². The molecule has 0 heterocycles. The number of aliphatic hydroxyl groups is 2. The van der Waals surface area contributed by atoms with Crippen LogP contribution in [0.1, 0.15) is 399 Å². The van der Waals surface area contributed by atoms with Crippen molar-refractivity contribution >= 4 is 11.9 Å². The topological polar surface area (TPSA) is 95.9 Å². The van der Waals surface area contributed by atoms with Crippen molar-refractivity contribution in [1.29, 1.82) is 0 Å². The van der Waals surface area contributed by atoms with Gasteiger partial charge in [-0.3, -0.25) is 9.59 Å². The zero-order valence-electron chi connectivity index (χ0n) is 54.1. The summed E-state index contributed by atoms with van der Waals surface area (Å²) < 4.78 is 5.51. The van der Waals surface area contributed by atoms with Gasteiger partial charge in [-0.05, 0) is 64.2 Å². The highest BCUT2D eigenvalue weighted by molar-refractivity contribution is 5.76. The number of unbranched alkanes of at least 4 members (excludes halogenated alkanes) is 53. The van der Waals surface area contributed by atoms with Gasteiger partial charge < -0.3 is 20.3 Å². The van der Waals surface area contributed by atoms with E-state index in [1.54, 1.807) is 6.08 Å². The SMILES string of the molecule is CCCCCC/C=C\C/C=C\CCCCCCCCCC(=O)OCCCCCCCCCCCCCCCCCCCCCCCCCCCCCCCCCCCCCC(=O)NC(CO)C(O)/C=C/CCCCCCCCCC. The lowest BCUT2D eigenvalue weighted by molar-refractivity contribution is -0.143. The van der Waals surface area contributed by atoms with Crippen molar-refractivity contribution < 1.29 is 24.5 Å². The van der Waals surface area contributed by atoms with Crippen LogP contribution in [0.5, 0.6) is 0 Å². The molecule has 0 aromatic heterocycles. The quantitative estimate of drug-likeness (QED) is 0.0320. The number of carbonyl (C=O) groups is 2. The van der Waals surface area contributed by atoms with Crippen LogP contribution >= 0.6 is 0 Å². The van der Waals surface area contributed by atoms with Crippen LogP contribution in [-0.2, 0) is 14.3 Å². The molecule has 0 spiro atoms. The number of allylic oxidation sites excluding steroid dienone is 5. The Morgan fingerprint density at radius 2 is 0.625 bits per heavy atom.